The Bertz CT molecular complexity index is 1030. The van der Waals surface area contributed by atoms with Crippen LogP contribution in [0.2, 0.25) is 0 Å². The molecule has 2 aromatic rings. The molecule has 0 saturated carbocycles. The maximum Gasteiger partial charge on any atom is 0.417 e. The molecule has 0 radical (unpaired) electrons. The summed E-state index contributed by atoms with van der Waals surface area (Å²) in [6.45, 7) is 4.50. The van der Waals surface area contributed by atoms with Crippen LogP contribution in [0, 0.1) is 11.3 Å². The van der Waals surface area contributed by atoms with Gasteiger partial charge in [0.1, 0.15) is 5.69 Å². The molecule has 1 saturated heterocycles. The highest BCUT2D eigenvalue weighted by Gasteiger charge is 2.37. The minimum Gasteiger partial charge on any atom is -0.339 e. The first-order chi connectivity index (χ1) is 15.6. The number of likely N-dealkylation sites (tertiary alicyclic amines) is 1. The van der Waals surface area contributed by atoms with Crippen molar-refractivity contribution in [2.45, 2.75) is 38.9 Å². The number of hydrogen-bond acceptors (Lipinski definition) is 3. The normalized spacial score (nSPS) is 14.9. The standard InChI is InChI=1S/C24H27F3N4O2/c1-15(2)29-21-8-7-18(13-17(21)14-28)30-22(32)16-9-11-31(12-10-16)23(33)19-5-3-4-6-20(19)24(25,26)27/h3-8,13-16,28-29H,9-12H2,1-2H3,(H,30,32)/p+1. The fourth-order valence-electron chi connectivity index (χ4n) is 3.96. The predicted molar refractivity (Wildman–Crippen MR) is 120 cm³/mol. The van der Waals surface area contributed by atoms with Gasteiger partial charge in [0.25, 0.3) is 5.91 Å². The number of nitrogens with zero attached hydrogens (tertiary/aromatic N) is 1. The monoisotopic (exact) mass is 461 g/mol. The van der Waals surface area contributed by atoms with Gasteiger partial charge in [-0.3, -0.25) is 9.59 Å². The van der Waals surface area contributed by atoms with Crippen LogP contribution in [-0.4, -0.2) is 42.1 Å². The highest BCUT2D eigenvalue weighted by Crippen LogP contribution is 2.33. The number of quaternary nitrogens is 1. The highest BCUT2D eigenvalue weighted by molar-refractivity contribution is 5.97. The van der Waals surface area contributed by atoms with Crippen LogP contribution in [0.3, 0.4) is 0 Å². The molecule has 3 rings (SSSR count). The largest absolute Gasteiger partial charge is 0.417 e. The van der Waals surface area contributed by atoms with Crippen LogP contribution in [0.4, 0.5) is 24.5 Å². The minimum absolute atomic E-state index is 0.200. The summed E-state index contributed by atoms with van der Waals surface area (Å²) in [4.78, 5) is 26.8. The highest BCUT2D eigenvalue weighted by atomic mass is 19.4. The third-order valence-electron chi connectivity index (χ3n) is 5.64. The number of nitrogens with one attached hydrogen (secondary N) is 2. The fraction of sp³-hybridized carbons (Fsp3) is 0.375. The van der Waals surface area contributed by atoms with Crippen molar-refractivity contribution in [3.63, 3.8) is 0 Å². The zero-order chi connectivity index (χ0) is 24.2. The summed E-state index contributed by atoms with van der Waals surface area (Å²) in [6, 6.07) is 10.5. The van der Waals surface area contributed by atoms with E-state index in [1.54, 1.807) is 12.1 Å². The van der Waals surface area contributed by atoms with Gasteiger partial charge >= 0.3 is 6.18 Å². The van der Waals surface area contributed by atoms with Crippen molar-refractivity contribution in [3.8, 4) is 0 Å². The van der Waals surface area contributed by atoms with Crippen LogP contribution in [0.1, 0.15) is 48.2 Å². The fourth-order valence-corrected chi connectivity index (χ4v) is 3.96. The molecule has 1 fully saturated rings. The molecule has 6 nitrogen and oxygen atoms in total. The number of alkyl halides is 3. The Hall–Kier alpha value is -3.20. The van der Waals surface area contributed by atoms with Crippen molar-refractivity contribution in [1.29, 1.82) is 5.41 Å². The topological polar surface area (TPSA) is 89.9 Å². The average molecular weight is 462 g/mol. The molecule has 9 heteroatoms. The first kappa shape index (κ1) is 24.4. The van der Waals surface area contributed by atoms with E-state index in [1.807, 2.05) is 25.2 Å². The van der Waals surface area contributed by atoms with Crippen LogP contribution in [0.15, 0.2) is 42.5 Å². The minimum atomic E-state index is -4.61. The summed E-state index contributed by atoms with van der Waals surface area (Å²) in [5.41, 5.74) is 0.881. The maximum absolute atomic E-state index is 13.3. The van der Waals surface area contributed by atoms with E-state index in [-0.39, 0.29) is 30.5 Å². The molecular formula is C24H28F3N4O2+. The second-order valence-electron chi connectivity index (χ2n) is 8.50. The van der Waals surface area contributed by atoms with E-state index in [4.69, 9.17) is 5.41 Å². The van der Waals surface area contributed by atoms with Crippen molar-refractivity contribution in [2.75, 3.05) is 18.4 Å². The van der Waals surface area contributed by atoms with Crippen molar-refractivity contribution < 1.29 is 28.1 Å². The smallest absolute Gasteiger partial charge is 0.339 e. The number of benzene rings is 2. The number of rotatable bonds is 6. The van der Waals surface area contributed by atoms with Gasteiger partial charge in [0.15, 0.2) is 0 Å². The van der Waals surface area contributed by atoms with Gasteiger partial charge in [0.2, 0.25) is 5.91 Å². The van der Waals surface area contributed by atoms with Crippen molar-refractivity contribution in [1.82, 2.24) is 4.90 Å². The third-order valence-corrected chi connectivity index (χ3v) is 5.64. The summed E-state index contributed by atoms with van der Waals surface area (Å²) in [5, 5.41) is 12.5. The molecule has 0 aromatic heterocycles. The second kappa shape index (κ2) is 10.2. The van der Waals surface area contributed by atoms with Gasteiger partial charge in [-0.2, -0.15) is 13.2 Å². The van der Waals surface area contributed by atoms with Gasteiger partial charge < -0.3 is 20.9 Å². The molecule has 4 N–H and O–H groups in total. The van der Waals surface area contributed by atoms with Crippen LogP contribution >= 0.6 is 0 Å². The Balaban J connectivity index is 1.62. The lowest BCUT2D eigenvalue weighted by Gasteiger charge is -2.32. The van der Waals surface area contributed by atoms with Crippen LogP contribution < -0.4 is 10.6 Å². The SMILES string of the molecule is CC(C)[NH2+]c1ccc(NC(=O)C2CCN(C(=O)c3ccccc3C(F)(F)F)CC2)cc1C=N. The molecule has 0 unspecified atom stereocenters. The molecule has 0 atom stereocenters. The number of amides is 2. The van der Waals surface area contributed by atoms with E-state index in [9.17, 15) is 22.8 Å². The van der Waals surface area contributed by atoms with Gasteiger partial charge in [0.05, 0.1) is 22.7 Å². The Morgan fingerprint density at radius 3 is 2.42 bits per heavy atom. The molecule has 0 bridgehead atoms. The average Bonchev–Trinajstić information content (AvgIpc) is 2.78. The number of carbonyl (C=O) groups is 2. The van der Waals surface area contributed by atoms with Crippen LogP contribution in [0.25, 0.3) is 0 Å². The van der Waals surface area contributed by atoms with Crippen LogP contribution in [0.5, 0.6) is 0 Å². The van der Waals surface area contributed by atoms with Gasteiger partial charge in [-0.05, 0) is 51.0 Å². The molecule has 2 amide bonds. The van der Waals surface area contributed by atoms with E-state index in [1.165, 1.54) is 29.3 Å². The molecule has 1 heterocycles. The lowest BCUT2D eigenvalue weighted by atomic mass is 9.94. The lowest BCUT2D eigenvalue weighted by Crippen LogP contribution is -2.83. The van der Waals surface area contributed by atoms with Crippen molar-refractivity contribution in [3.05, 3.63) is 59.2 Å². The summed E-state index contributed by atoms with van der Waals surface area (Å²) >= 11 is 0. The first-order valence-corrected chi connectivity index (χ1v) is 10.9. The predicted octanol–water partition coefficient (Wildman–Crippen LogP) is 3.80. The molecule has 1 aliphatic rings. The van der Waals surface area contributed by atoms with Gasteiger partial charge in [-0.25, -0.2) is 0 Å². The number of nitrogens with two attached hydrogens (primary N) is 1. The maximum atomic E-state index is 13.3. The Morgan fingerprint density at radius 2 is 1.82 bits per heavy atom. The molecule has 33 heavy (non-hydrogen) atoms. The van der Waals surface area contributed by atoms with E-state index < -0.39 is 17.6 Å². The molecule has 1 aliphatic heterocycles. The lowest BCUT2D eigenvalue weighted by molar-refractivity contribution is -0.603. The summed E-state index contributed by atoms with van der Waals surface area (Å²) < 4.78 is 39.8. The first-order valence-electron chi connectivity index (χ1n) is 10.9. The Morgan fingerprint density at radius 1 is 1.15 bits per heavy atom. The molecule has 0 aliphatic carbocycles. The van der Waals surface area contributed by atoms with Gasteiger partial charge in [-0.1, -0.05) is 12.1 Å². The van der Waals surface area contributed by atoms with Gasteiger partial charge in [-0.15, -0.1) is 0 Å². The number of carbonyl (C=O) groups excluding carboxylic acids is 2. The Labute approximate surface area is 190 Å². The van der Waals surface area contributed by atoms with Gasteiger partial charge in [0, 0.05) is 37.0 Å². The number of anilines is 1. The molecule has 0 spiro atoms. The summed E-state index contributed by atoms with van der Waals surface area (Å²) in [7, 11) is 0. The molecular weight excluding hydrogens is 433 g/mol. The number of halogens is 3. The van der Waals surface area contributed by atoms with E-state index in [0.717, 1.165) is 11.8 Å². The quantitative estimate of drug-likeness (QED) is 0.451. The Kier molecular flexibility index (Phi) is 7.53. The summed E-state index contributed by atoms with van der Waals surface area (Å²) in [6.07, 6.45) is -2.64. The zero-order valence-electron chi connectivity index (χ0n) is 18.6. The molecule has 176 valence electrons. The van der Waals surface area contributed by atoms with Crippen molar-refractivity contribution in [2.24, 2.45) is 5.92 Å². The van der Waals surface area contributed by atoms with E-state index in [0.29, 0.717) is 30.1 Å². The van der Waals surface area contributed by atoms with Crippen molar-refractivity contribution >= 4 is 29.4 Å². The second-order valence-corrected chi connectivity index (χ2v) is 8.50. The third kappa shape index (κ3) is 5.98. The summed E-state index contributed by atoms with van der Waals surface area (Å²) in [5.74, 6) is -1.22. The van der Waals surface area contributed by atoms with E-state index >= 15 is 0 Å². The number of hydrogen-bond donors (Lipinski definition) is 3. The zero-order valence-corrected chi connectivity index (χ0v) is 18.6. The number of piperidine rings is 1. The van der Waals surface area contributed by atoms with E-state index in [2.05, 4.69) is 5.32 Å². The van der Waals surface area contributed by atoms with Crippen LogP contribution in [-0.2, 0) is 11.0 Å². The molecule has 2 aromatic carbocycles.